The maximum Gasteiger partial charge on any atom is 0.239 e. The Morgan fingerprint density at radius 1 is 1.40 bits per heavy atom. The molecule has 0 unspecified atom stereocenters. The SMILES string of the molecule is CC(=O)S[C@H]1C[C@@H](C(=O)N(C)C)N(C)C1. The lowest BCUT2D eigenvalue weighted by Crippen LogP contribution is -2.40. The highest BCUT2D eigenvalue weighted by atomic mass is 32.2. The minimum Gasteiger partial charge on any atom is -0.347 e. The Morgan fingerprint density at radius 2 is 2.00 bits per heavy atom. The predicted molar refractivity (Wildman–Crippen MR) is 61.8 cm³/mol. The summed E-state index contributed by atoms with van der Waals surface area (Å²) in [4.78, 5) is 26.4. The molecule has 0 aromatic rings. The Kier molecular flexibility index (Phi) is 4.16. The summed E-state index contributed by atoms with van der Waals surface area (Å²) in [6, 6.07) is -0.0585. The Hall–Kier alpha value is -0.550. The molecule has 1 heterocycles. The van der Waals surface area contributed by atoms with Gasteiger partial charge in [0.1, 0.15) is 0 Å². The predicted octanol–water partition coefficient (Wildman–Crippen LogP) is 0.427. The maximum atomic E-state index is 11.8. The number of rotatable bonds is 2. The molecule has 1 saturated heterocycles. The number of thioether (sulfide) groups is 1. The lowest BCUT2D eigenvalue weighted by Gasteiger charge is -2.21. The van der Waals surface area contributed by atoms with E-state index in [9.17, 15) is 9.59 Å². The van der Waals surface area contributed by atoms with Crippen LogP contribution in [0.25, 0.3) is 0 Å². The van der Waals surface area contributed by atoms with E-state index in [1.54, 1.807) is 25.9 Å². The van der Waals surface area contributed by atoms with Crippen LogP contribution in [0, 0.1) is 0 Å². The van der Waals surface area contributed by atoms with E-state index < -0.39 is 0 Å². The Bertz CT molecular complexity index is 268. The summed E-state index contributed by atoms with van der Waals surface area (Å²) in [5.74, 6) is 0.129. The van der Waals surface area contributed by atoms with E-state index >= 15 is 0 Å². The molecular formula is C10H18N2O2S. The van der Waals surface area contributed by atoms with Crippen molar-refractivity contribution in [2.24, 2.45) is 0 Å². The van der Waals surface area contributed by atoms with Crippen LogP contribution in [0.15, 0.2) is 0 Å². The van der Waals surface area contributed by atoms with Gasteiger partial charge in [-0.25, -0.2) is 0 Å². The van der Waals surface area contributed by atoms with Gasteiger partial charge in [-0.3, -0.25) is 14.5 Å². The minimum atomic E-state index is -0.0585. The van der Waals surface area contributed by atoms with E-state index in [2.05, 4.69) is 0 Å². The third-order valence-electron chi connectivity index (χ3n) is 2.57. The summed E-state index contributed by atoms with van der Waals surface area (Å²) in [6.07, 6.45) is 0.776. The molecule has 1 aliphatic heterocycles. The van der Waals surface area contributed by atoms with E-state index in [1.807, 2.05) is 11.9 Å². The van der Waals surface area contributed by atoms with Gasteiger partial charge in [0.2, 0.25) is 5.91 Å². The van der Waals surface area contributed by atoms with E-state index in [1.165, 1.54) is 11.8 Å². The van der Waals surface area contributed by atoms with Gasteiger partial charge >= 0.3 is 0 Å². The van der Waals surface area contributed by atoms with Crippen molar-refractivity contribution in [3.05, 3.63) is 0 Å². The van der Waals surface area contributed by atoms with Crippen molar-refractivity contribution in [3.63, 3.8) is 0 Å². The fourth-order valence-electron chi connectivity index (χ4n) is 1.86. The number of carbonyl (C=O) groups is 2. The largest absolute Gasteiger partial charge is 0.347 e. The van der Waals surface area contributed by atoms with Gasteiger partial charge in [0.15, 0.2) is 5.12 Å². The number of carbonyl (C=O) groups excluding carboxylic acids is 2. The smallest absolute Gasteiger partial charge is 0.239 e. The van der Waals surface area contributed by atoms with Crippen molar-refractivity contribution in [1.82, 2.24) is 9.80 Å². The molecule has 4 nitrogen and oxygen atoms in total. The molecule has 0 aliphatic carbocycles. The molecular weight excluding hydrogens is 212 g/mol. The molecule has 2 atom stereocenters. The van der Waals surface area contributed by atoms with Gasteiger partial charge in [-0.2, -0.15) is 0 Å². The highest BCUT2D eigenvalue weighted by molar-refractivity contribution is 8.14. The van der Waals surface area contributed by atoms with Crippen LogP contribution in [-0.4, -0.2) is 59.8 Å². The number of amides is 1. The topological polar surface area (TPSA) is 40.6 Å². The molecule has 86 valence electrons. The van der Waals surface area contributed by atoms with Crippen molar-refractivity contribution in [2.45, 2.75) is 24.6 Å². The number of likely N-dealkylation sites (tertiary alicyclic amines) is 1. The van der Waals surface area contributed by atoms with Crippen molar-refractivity contribution in [2.75, 3.05) is 27.7 Å². The summed E-state index contributed by atoms with van der Waals surface area (Å²) in [7, 11) is 5.47. The summed E-state index contributed by atoms with van der Waals surface area (Å²) in [6.45, 7) is 2.39. The van der Waals surface area contributed by atoms with Gasteiger partial charge in [0.05, 0.1) is 6.04 Å². The molecule has 5 heteroatoms. The van der Waals surface area contributed by atoms with Crippen LogP contribution in [0.4, 0.5) is 0 Å². The quantitative estimate of drug-likeness (QED) is 0.689. The van der Waals surface area contributed by atoms with Crippen molar-refractivity contribution in [1.29, 1.82) is 0 Å². The van der Waals surface area contributed by atoms with Crippen LogP contribution in [0.1, 0.15) is 13.3 Å². The zero-order chi connectivity index (χ0) is 11.6. The molecule has 0 spiro atoms. The average Bonchev–Trinajstić information content (AvgIpc) is 2.44. The first kappa shape index (κ1) is 12.5. The van der Waals surface area contributed by atoms with E-state index in [-0.39, 0.29) is 22.3 Å². The number of hydrogen-bond acceptors (Lipinski definition) is 4. The molecule has 0 radical (unpaired) electrons. The van der Waals surface area contributed by atoms with Crippen molar-refractivity contribution in [3.8, 4) is 0 Å². The van der Waals surface area contributed by atoms with Gasteiger partial charge in [-0.15, -0.1) is 0 Å². The Balaban J connectivity index is 2.56. The molecule has 1 aliphatic rings. The van der Waals surface area contributed by atoms with Crippen LogP contribution in [0.5, 0.6) is 0 Å². The van der Waals surface area contributed by atoms with Gasteiger partial charge in [-0.05, 0) is 13.5 Å². The maximum absolute atomic E-state index is 11.8. The molecule has 1 fully saturated rings. The standard InChI is InChI=1S/C10H18N2O2S/c1-7(13)15-8-5-9(12(4)6-8)10(14)11(2)3/h8-9H,5-6H2,1-4H3/t8-,9-/m0/s1. The van der Waals surface area contributed by atoms with Gasteiger partial charge in [-0.1, -0.05) is 11.8 Å². The number of nitrogens with zero attached hydrogens (tertiary/aromatic N) is 2. The highest BCUT2D eigenvalue weighted by Gasteiger charge is 2.35. The summed E-state index contributed by atoms with van der Waals surface area (Å²) in [5, 5.41) is 0.396. The lowest BCUT2D eigenvalue weighted by molar-refractivity contribution is -0.132. The van der Waals surface area contributed by atoms with E-state index in [4.69, 9.17) is 0 Å². The van der Waals surface area contributed by atoms with Crippen LogP contribution < -0.4 is 0 Å². The molecule has 0 aromatic heterocycles. The highest BCUT2D eigenvalue weighted by Crippen LogP contribution is 2.27. The molecule has 0 N–H and O–H groups in total. The molecule has 1 amide bonds. The first-order valence-corrected chi connectivity index (χ1v) is 5.88. The van der Waals surface area contributed by atoms with Gasteiger partial charge in [0.25, 0.3) is 0 Å². The number of likely N-dealkylation sites (N-methyl/N-ethyl adjacent to an activating group) is 2. The lowest BCUT2D eigenvalue weighted by atomic mass is 10.2. The number of hydrogen-bond donors (Lipinski definition) is 0. The third kappa shape index (κ3) is 3.21. The van der Waals surface area contributed by atoms with Crippen molar-refractivity contribution < 1.29 is 9.59 Å². The Morgan fingerprint density at radius 3 is 2.47 bits per heavy atom. The van der Waals surface area contributed by atoms with E-state index in [0.29, 0.717) is 0 Å². The summed E-state index contributed by atoms with van der Waals surface area (Å²) < 4.78 is 0. The van der Waals surface area contributed by atoms with Gasteiger partial charge < -0.3 is 4.90 Å². The minimum absolute atomic E-state index is 0.0585. The second kappa shape index (κ2) is 4.99. The van der Waals surface area contributed by atoms with Gasteiger partial charge in [0, 0.05) is 32.8 Å². The zero-order valence-electron chi connectivity index (χ0n) is 9.69. The van der Waals surface area contributed by atoms with E-state index in [0.717, 1.165) is 13.0 Å². The summed E-state index contributed by atoms with van der Waals surface area (Å²) >= 11 is 1.35. The fraction of sp³-hybridized carbons (Fsp3) is 0.800. The monoisotopic (exact) mass is 230 g/mol. The summed E-state index contributed by atoms with van der Waals surface area (Å²) in [5.41, 5.74) is 0. The van der Waals surface area contributed by atoms with Crippen LogP contribution in [0.3, 0.4) is 0 Å². The van der Waals surface area contributed by atoms with Crippen LogP contribution in [-0.2, 0) is 9.59 Å². The molecule has 1 rings (SSSR count). The fourth-order valence-corrected chi connectivity index (χ4v) is 2.92. The van der Waals surface area contributed by atoms with Crippen LogP contribution in [0.2, 0.25) is 0 Å². The zero-order valence-corrected chi connectivity index (χ0v) is 10.5. The average molecular weight is 230 g/mol. The Labute approximate surface area is 95.0 Å². The molecule has 0 bridgehead atoms. The molecule has 0 aromatic carbocycles. The first-order chi connectivity index (χ1) is 6.91. The second-order valence-electron chi connectivity index (χ2n) is 4.16. The van der Waals surface area contributed by atoms with Crippen LogP contribution >= 0.6 is 11.8 Å². The molecule has 15 heavy (non-hydrogen) atoms. The first-order valence-electron chi connectivity index (χ1n) is 5.00. The molecule has 0 saturated carbocycles. The normalized spacial score (nSPS) is 26.7. The third-order valence-corrected chi connectivity index (χ3v) is 3.58. The second-order valence-corrected chi connectivity index (χ2v) is 5.63. The van der Waals surface area contributed by atoms with Crippen molar-refractivity contribution >= 4 is 22.8 Å².